The van der Waals surface area contributed by atoms with Gasteiger partial charge in [-0.1, -0.05) is 6.92 Å². The Kier molecular flexibility index (Phi) is 3.41. The lowest BCUT2D eigenvalue weighted by atomic mass is 9.96. The zero-order chi connectivity index (χ0) is 9.68. The molecule has 3 heteroatoms. The van der Waals surface area contributed by atoms with Gasteiger partial charge in [0.25, 0.3) is 0 Å². The number of hydrogen-bond donors (Lipinski definition) is 1. The molecule has 2 atom stereocenters. The van der Waals surface area contributed by atoms with Crippen LogP contribution < -0.4 is 0 Å². The second-order valence-corrected chi connectivity index (χ2v) is 3.06. The first kappa shape index (κ1) is 9.69. The summed E-state index contributed by atoms with van der Waals surface area (Å²) >= 11 is 0. The van der Waals surface area contributed by atoms with Crippen molar-refractivity contribution in [3.05, 3.63) is 30.1 Å². The zero-order valence-electron chi connectivity index (χ0n) is 7.51. The number of nitrogens with zero attached hydrogens (tertiary/aromatic N) is 2. The molecular formula is C10H12N2O. The molecule has 13 heavy (non-hydrogen) atoms. The molecule has 0 saturated carbocycles. The van der Waals surface area contributed by atoms with Gasteiger partial charge in [0.15, 0.2) is 0 Å². The van der Waals surface area contributed by atoms with E-state index in [1.54, 1.807) is 24.5 Å². The first-order valence-corrected chi connectivity index (χ1v) is 4.20. The van der Waals surface area contributed by atoms with E-state index < -0.39 is 6.10 Å². The first-order chi connectivity index (χ1) is 6.25. The van der Waals surface area contributed by atoms with Crippen molar-refractivity contribution in [2.45, 2.75) is 19.4 Å². The maximum atomic E-state index is 9.74. The Bertz CT molecular complexity index is 292. The molecule has 0 aliphatic carbocycles. The Morgan fingerprint density at radius 1 is 1.54 bits per heavy atom. The summed E-state index contributed by atoms with van der Waals surface area (Å²) < 4.78 is 0. The van der Waals surface area contributed by atoms with E-state index in [4.69, 9.17) is 5.26 Å². The molecule has 1 aromatic rings. The highest BCUT2D eigenvalue weighted by Crippen LogP contribution is 2.22. The Hall–Kier alpha value is -1.40. The van der Waals surface area contributed by atoms with Gasteiger partial charge < -0.3 is 5.11 Å². The van der Waals surface area contributed by atoms with E-state index in [1.165, 1.54) is 0 Å². The lowest BCUT2D eigenvalue weighted by Gasteiger charge is -2.15. The summed E-state index contributed by atoms with van der Waals surface area (Å²) in [4.78, 5) is 3.86. The van der Waals surface area contributed by atoms with Crippen molar-refractivity contribution in [2.75, 3.05) is 0 Å². The molecule has 68 valence electrons. The van der Waals surface area contributed by atoms with Crippen LogP contribution >= 0.6 is 0 Å². The van der Waals surface area contributed by atoms with Gasteiger partial charge in [-0.15, -0.1) is 0 Å². The number of hydrogen-bond acceptors (Lipinski definition) is 3. The van der Waals surface area contributed by atoms with Gasteiger partial charge in [0, 0.05) is 18.8 Å². The van der Waals surface area contributed by atoms with E-state index in [0.717, 1.165) is 5.56 Å². The largest absolute Gasteiger partial charge is 0.388 e. The zero-order valence-corrected chi connectivity index (χ0v) is 7.51. The standard InChI is InChI=1S/C10H12N2O/c1-8(2-5-11)10(13)9-3-6-12-7-4-9/h3-4,6-8,10,13H,2H2,1H3. The third-order valence-corrected chi connectivity index (χ3v) is 2.00. The number of nitriles is 1. The normalized spacial score (nSPS) is 14.5. The molecule has 1 heterocycles. The number of aliphatic hydroxyl groups is 1. The van der Waals surface area contributed by atoms with E-state index in [2.05, 4.69) is 4.98 Å². The first-order valence-electron chi connectivity index (χ1n) is 4.20. The van der Waals surface area contributed by atoms with Crippen molar-refractivity contribution in [2.24, 2.45) is 5.92 Å². The number of aliphatic hydroxyl groups excluding tert-OH is 1. The second kappa shape index (κ2) is 4.58. The summed E-state index contributed by atoms with van der Waals surface area (Å²) in [7, 11) is 0. The highest BCUT2D eigenvalue weighted by atomic mass is 16.3. The van der Waals surface area contributed by atoms with Crippen molar-refractivity contribution < 1.29 is 5.11 Å². The van der Waals surface area contributed by atoms with Gasteiger partial charge in [-0.2, -0.15) is 5.26 Å². The summed E-state index contributed by atoms with van der Waals surface area (Å²) in [6.45, 7) is 1.86. The molecule has 0 aliphatic rings. The van der Waals surface area contributed by atoms with Crippen LogP contribution in [-0.2, 0) is 0 Å². The second-order valence-electron chi connectivity index (χ2n) is 3.06. The van der Waals surface area contributed by atoms with Gasteiger partial charge in [-0.05, 0) is 23.6 Å². The Morgan fingerprint density at radius 3 is 2.69 bits per heavy atom. The SMILES string of the molecule is CC(CC#N)C(O)c1ccncc1. The van der Waals surface area contributed by atoms with E-state index in [1.807, 2.05) is 13.0 Å². The number of aromatic nitrogens is 1. The van der Waals surface area contributed by atoms with Crippen molar-refractivity contribution in [1.29, 1.82) is 5.26 Å². The monoisotopic (exact) mass is 176 g/mol. The third kappa shape index (κ3) is 2.53. The van der Waals surface area contributed by atoms with Crippen LogP contribution in [0.3, 0.4) is 0 Å². The van der Waals surface area contributed by atoms with E-state index >= 15 is 0 Å². The highest BCUT2D eigenvalue weighted by Gasteiger charge is 2.15. The summed E-state index contributed by atoms with van der Waals surface area (Å²) in [5.74, 6) is -0.0348. The molecule has 0 spiro atoms. The summed E-state index contributed by atoms with van der Waals surface area (Å²) in [6, 6.07) is 5.57. The maximum Gasteiger partial charge on any atom is 0.0826 e. The number of rotatable bonds is 3. The fourth-order valence-corrected chi connectivity index (χ4v) is 1.14. The van der Waals surface area contributed by atoms with Gasteiger partial charge in [-0.25, -0.2) is 0 Å². The number of pyridine rings is 1. The third-order valence-electron chi connectivity index (χ3n) is 2.00. The Labute approximate surface area is 77.7 Å². The quantitative estimate of drug-likeness (QED) is 0.762. The minimum atomic E-state index is -0.567. The minimum absolute atomic E-state index is 0.0348. The van der Waals surface area contributed by atoms with Crippen LogP contribution in [0.1, 0.15) is 25.0 Å². The fourth-order valence-electron chi connectivity index (χ4n) is 1.14. The van der Waals surface area contributed by atoms with Crippen LogP contribution in [0, 0.1) is 17.2 Å². The molecule has 0 aliphatic heterocycles. The molecule has 3 nitrogen and oxygen atoms in total. The van der Waals surface area contributed by atoms with Crippen LogP contribution in [0.4, 0.5) is 0 Å². The van der Waals surface area contributed by atoms with Gasteiger partial charge in [-0.3, -0.25) is 4.98 Å². The molecule has 0 radical (unpaired) electrons. The minimum Gasteiger partial charge on any atom is -0.388 e. The molecule has 0 aromatic carbocycles. The lowest BCUT2D eigenvalue weighted by Crippen LogP contribution is -2.08. The topological polar surface area (TPSA) is 56.9 Å². The molecule has 0 bridgehead atoms. The van der Waals surface area contributed by atoms with Crippen molar-refractivity contribution >= 4 is 0 Å². The lowest BCUT2D eigenvalue weighted by molar-refractivity contribution is 0.120. The predicted molar refractivity (Wildman–Crippen MR) is 48.6 cm³/mol. The van der Waals surface area contributed by atoms with Gasteiger partial charge in [0.05, 0.1) is 12.2 Å². The highest BCUT2D eigenvalue weighted by molar-refractivity contribution is 5.13. The Morgan fingerprint density at radius 2 is 2.15 bits per heavy atom. The molecular weight excluding hydrogens is 164 g/mol. The summed E-state index contributed by atoms with van der Waals surface area (Å²) in [6.07, 6.45) is 3.07. The van der Waals surface area contributed by atoms with Crippen LogP contribution in [0.2, 0.25) is 0 Å². The van der Waals surface area contributed by atoms with Crippen molar-refractivity contribution in [1.82, 2.24) is 4.98 Å². The summed E-state index contributed by atoms with van der Waals surface area (Å²) in [5, 5.41) is 18.2. The van der Waals surface area contributed by atoms with Gasteiger partial charge >= 0.3 is 0 Å². The van der Waals surface area contributed by atoms with Crippen LogP contribution in [-0.4, -0.2) is 10.1 Å². The maximum absolute atomic E-state index is 9.74. The van der Waals surface area contributed by atoms with Crippen LogP contribution in [0.15, 0.2) is 24.5 Å². The van der Waals surface area contributed by atoms with E-state index in [0.29, 0.717) is 6.42 Å². The molecule has 1 aromatic heterocycles. The van der Waals surface area contributed by atoms with Crippen LogP contribution in [0.5, 0.6) is 0 Å². The average Bonchev–Trinajstić information content (AvgIpc) is 2.18. The molecule has 0 amide bonds. The van der Waals surface area contributed by atoms with Gasteiger partial charge in [0.2, 0.25) is 0 Å². The average molecular weight is 176 g/mol. The van der Waals surface area contributed by atoms with Crippen LogP contribution in [0.25, 0.3) is 0 Å². The molecule has 1 rings (SSSR count). The molecule has 0 saturated heterocycles. The van der Waals surface area contributed by atoms with E-state index in [-0.39, 0.29) is 5.92 Å². The van der Waals surface area contributed by atoms with Crippen molar-refractivity contribution in [3.8, 4) is 6.07 Å². The molecule has 2 unspecified atom stereocenters. The smallest absolute Gasteiger partial charge is 0.0826 e. The van der Waals surface area contributed by atoms with Gasteiger partial charge in [0.1, 0.15) is 0 Å². The molecule has 0 fully saturated rings. The fraction of sp³-hybridized carbons (Fsp3) is 0.400. The van der Waals surface area contributed by atoms with Crippen molar-refractivity contribution in [3.63, 3.8) is 0 Å². The Balaban J connectivity index is 2.69. The molecule has 1 N–H and O–H groups in total. The summed E-state index contributed by atoms with van der Waals surface area (Å²) in [5.41, 5.74) is 0.817. The predicted octanol–water partition coefficient (Wildman–Crippen LogP) is 1.66. The van der Waals surface area contributed by atoms with E-state index in [9.17, 15) is 5.11 Å².